The van der Waals surface area contributed by atoms with Gasteiger partial charge in [-0.1, -0.05) is 30.3 Å². The number of hydrogen-bond donors (Lipinski definition) is 1. The number of benzene rings is 1. The zero-order valence-corrected chi connectivity index (χ0v) is 11.3. The summed E-state index contributed by atoms with van der Waals surface area (Å²) in [7, 11) is 0. The molecule has 1 N–H and O–H groups in total. The van der Waals surface area contributed by atoms with E-state index in [1.54, 1.807) is 18.5 Å². The van der Waals surface area contributed by atoms with Gasteiger partial charge in [-0.15, -0.1) is 0 Å². The first kappa shape index (κ1) is 14.9. The van der Waals surface area contributed by atoms with Gasteiger partial charge < -0.3 is 5.11 Å². The third kappa shape index (κ3) is 6.36. The highest BCUT2D eigenvalue weighted by Crippen LogP contribution is 2.02. The molecule has 0 saturated carbocycles. The van der Waals surface area contributed by atoms with Crippen LogP contribution in [0.5, 0.6) is 0 Å². The summed E-state index contributed by atoms with van der Waals surface area (Å²) in [5, 5.41) is 8.35. The Hall–Kier alpha value is -2.16. The number of carbonyl (C=O) groups is 1. The molecule has 0 saturated heterocycles. The summed E-state index contributed by atoms with van der Waals surface area (Å²) >= 11 is 0. The molecule has 0 spiro atoms. The quantitative estimate of drug-likeness (QED) is 0.916. The first-order chi connectivity index (χ1) is 9.09. The molecule has 2 aromatic rings. The molecule has 0 amide bonds. The van der Waals surface area contributed by atoms with Crippen LogP contribution in [-0.4, -0.2) is 16.1 Å². The molecule has 0 bridgehead atoms. The maximum atomic E-state index is 10.2. The summed E-state index contributed by atoms with van der Waals surface area (Å²) in [5.41, 5.74) is 3.70. The van der Waals surface area contributed by atoms with Crippen LogP contribution >= 0.6 is 0 Å². The van der Waals surface area contributed by atoms with Gasteiger partial charge in [0.2, 0.25) is 0 Å². The maximum absolute atomic E-state index is 10.2. The second-order valence-corrected chi connectivity index (χ2v) is 4.34. The minimum Gasteiger partial charge on any atom is -0.481 e. The van der Waals surface area contributed by atoms with Gasteiger partial charge in [-0.05, 0) is 43.0 Å². The summed E-state index contributed by atoms with van der Waals surface area (Å²) in [6.07, 6.45) is 4.09. The van der Waals surface area contributed by atoms with Crippen molar-refractivity contribution in [3.05, 3.63) is 65.5 Å². The molecule has 3 nitrogen and oxygen atoms in total. The lowest BCUT2D eigenvalue weighted by molar-refractivity contribution is -0.136. The second kappa shape index (κ2) is 8.03. The lowest BCUT2D eigenvalue weighted by Crippen LogP contribution is -1.97. The van der Waals surface area contributed by atoms with E-state index < -0.39 is 5.97 Å². The zero-order valence-electron chi connectivity index (χ0n) is 11.3. The van der Waals surface area contributed by atoms with Crippen molar-refractivity contribution in [2.24, 2.45) is 0 Å². The van der Waals surface area contributed by atoms with E-state index in [2.05, 4.69) is 43.1 Å². The smallest absolute Gasteiger partial charge is 0.303 e. The lowest BCUT2D eigenvalue weighted by Gasteiger charge is -1.94. The molecule has 0 aliphatic carbocycles. The normalized spacial score (nSPS) is 9.37. The van der Waals surface area contributed by atoms with Crippen LogP contribution in [-0.2, 0) is 11.2 Å². The number of pyridine rings is 1. The topological polar surface area (TPSA) is 50.2 Å². The number of aryl methyl sites for hydroxylation is 3. The molecule has 100 valence electrons. The van der Waals surface area contributed by atoms with Crippen LogP contribution < -0.4 is 0 Å². The van der Waals surface area contributed by atoms with Crippen LogP contribution in [0, 0.1) is 13.8 Å². The van der Waals surface area contributed by atoms with E-state index in [0.29, 0.717) is 6.42 Å². The van der Waals surface area contributed by atoms with Gasteiger partial charge in [0.15, 0.2) is 0 Å². The van der Waals surface area contributed by atoms with Gasteiger partial charge >= 0.3 is 5.97 Å². The fraction of sp³-hybridized carbons (Fsp3) is 0.250. The predicted octanol–water partition coefficient (Wildman–Crippen LogP) is 3.40. The van der Waals surface area contributed by atoms with Gasteiger partial charge in [-0.3, -0.25) is 9.78 Å². The third-order valence-electron chi connectivity index (χ3n) is 2.78. The molecule has 0 radical (unpaired) electrons. The molecule has 19 heavy (non-hydrogen) atoms. The molecule has 0 aliphatic heterocycles. The Labute approximate surface area is 113 Å². The number of nitrogens with zero attached hydrogens (tertiary/aromatic N) is 1. The van der Waals surface area contributed by atoms with E-state index in [0.717, 1.165) is 5.56 Å². The van der Waals surface area contributed by atoms with Gasteiger partial charge in [0.25, 0.3) is 0 Å². The van der Waals surface area contributed by atoms with Crippen molar-refractivity contribution in [3.63, 3.8) is 0 Å². The average molecular weight is 257 g/mol. The van der Waals surface area contributed by atoms with Crippen LogP contribution in [0.1, 0.15) is 23.1 Å². The van der Waals surface area contributed by atoms with Gasteiger partial charge in [0.1, 0.15) is 0 Å². The highest BCUT2D eigenvalue weighted by atomic mass is 16.4. The summed E-state index contributed by atoms with van der Waals surface area (Å²) in [4.78, 5) is 14.0. The standard InChI is InChI=1S/C8H9NO2.C8H10/c10-8(11)4-3-7-2-1-5-9-6-7;1-7-5-3-4-6-8(7)2/h1-2,5-6H,3-4H2,(H,10,11);3-6H,1-2H3. The minimum atomic E-state index is -0.770. The van der Waals surface area contributed by atoms with Crippen LogP contribution in [0.2, 0.25) is 0 Å². The number of rotatable bonds is 3. The van der Waals surface area contributed by atoms with Crippen molar-refractivity contribution < 1.29 is 9.90 Å². The largest absolute Gasteiger partial charge is 0.481 e. The molecule has 0 fully saturated rings. The van der Waals surface area contributed by atoms with Crippen molar-refractivity contribution in [2.45, 2.75) is 26.7 Å². The highest BCUT2D eigenvalue weighted by molar-refractivity contribution is 5.67. The Balaban J connectivity index is 0.000000200. The number of aromatic nitrogens is 1. The molecule has 2 rings (SSSR count). The van der Waals surface area contributed by atoms with Crippen LogP contribution in [0.4, 0.5) is 0 Å². The van der Waals surface area contributed by atoms with Gasteiger partial charge in [0.05, 0.1) is 0 Å². The predicted molar refractivity (Wildman–Crippen MR) is 76.1 cm³/mol. The van der Waals surface area contributed by atoms with E-state index in [1.807, 2.05) is 6.07 Å². The fourth-order valence-corrected chi connectivity index (χ4v) is 1.46. The Kier molecular flexibility index (Phi) is 6.30. The molecular weight excluding hydrogens is 238 g/mol. The Morgan fingerprint density at radius 1 is 1.11 bits per heavy atom. The lowest BCUT2D eigenvalue weighted by atomic mass is 10.1. The Morgan fingerprint density at radius 2 is 1.74 bits per heavy atom. The van der Waals surface area contributed by atoms with E-state index in [1.165, 1.54) is 11.1 Å². The zero-order chi connectivity index (χ0) is 14.1. The van der Waals surface area contributed by atoms with E-state index in [9.17, 15) is 4.79 Å². The SMILES string of the molecule is Cc1ccccc1C.O=C(O)CCc1cccnc1. The summed E-state index contributed by atoms with van der Waals surface area (Å²) in [6, 6.07) is 12.0. The molecule has 0 atom stereocenters. The second-order valence-electron chi connectivity index (χ2n) is 4.34. The van der Waals surface area contributed by atoms with Gasteiger partial charge in [0, 0.05) is 18.8 Å². The first-order valence-electron chi connectivity index (χ1n) is 6.22. The molecule has 1 aromatic heterocycles. The summed E-state index contributed by atoms with van der Waals surface area (Å²) in [5.74, 6) is -0.770. The Bertz CT molecular complexity index is 488. The molecule has 1 aromatic carbocycles. The monoisotopic (exact) mass is 257 g/mol. The van der Waals surface area contributed by atoms with Crippen LogP contribution in [0.3, 0.4) is 0 Å². The summed E-state index contributed by atoms with van der Waals surface area (Å²) < 4.78 is 0. The first-order valence-corrected chi connectivity index (χ1v) is 6.22. The van der Waals surface area contributed by atoms with Gasteiger partial charge in [-0.2, -0.15) is 0 Å². The number of hydrogen-bond acceptors (Lipinski definition) is 2. The van der Waals surface area contributed by atoms with Crippen LogP contribution in [0.25, 0.3) is 0 Å². The van der Waals surface area contributed by atoms with Crippen molar-refractivity contribution >= 4 is 5.97 Å². The molecule has 1 heterocycles. The van der Waals surface area contributed by atoms with Crippen molar-refractivity contribution in [1.29, 1.82) is 0 Å². The fourth-order valence-electron chi connectivity index (χ4n) is 1.46. The third-order valence-corrected chi connectivity index (χ3v) is 2.78. The highest BCUT2D eigenvalue weighted by Gasteiger charge is 1.97. The van der Waals surface area contributed by atoms with Crippen molar-refractivity contribution in [3.8, 4) is 0 Å². The van der Waals surface area contributed by atoms with Crippen LogP contribution in [0.15, 0.2) is 48.8 Å². The average Bonchev–Trinajstić information content (AvgIpc) is 2.42. The van der Waals surface area contributed by atoms with E-state index in [4.69, 9.17) is 5.11 Å². The Morgan fingerprint density at radius 3 is 2.16 bits per heavy atom. The minimum absolute atomic E-state index is 0.172. The molecule has 3 heteroatoms. The van der Waals surface area contributed by atoms with Crippen molar-refractivity contribution in [2.75, 3.05) is 0 Å². The number of carboxylic acids is 1. The number of carboxylic acid groups (broad SMARTS) is 1. The van der Waals surface area contributed by atoms with Crippen molar-refractivity contribution in [1.82, 2.24) is 4.98 Å². The van der Waals surface area contributed by atoms with E-state index in [-0.39, 0.29) is 6.42 Å². The van der Waals surface area contributed by atoms with E-state index >= 15 is 0 Å². The summed E-state index contributed by atoms with van der Waals surface area (Å²) in [6.45, 7) is 4.24. The molecule has 0 aliphatic rings. The number of aliphatic carboxylic acids is 1. The maximum Gasteiger partial charge on any atom is 0.303 e. The molecule has 0 unspecified atom stereocenters. The molecular formula is C16H19NO2. The van der Waals surface area contributed by atoms with Gasteiger partial charge in [-0.25, -0.2) is 0 Å².